The number of benzene rings is 2. The average Bonchev–Trinajstić information content (AvgIpc) is 3.66. The van der Waals surface area contributed by atoms with Gasteiger partial charge in [0.2, 0.25) is 11.7 Å². The normalized spacial score (nSPS) is 21.9. The Kier molecular flexibility index (Phi) is 8.09. The first-order valence-corrected chi connectivity index (χ1v) is 14.3. The van der Waals surface area contributed by atoms with Crippen LogP contribution < -0.4 is 0 Å². The smallest absolute Gasteiger partial charge is 0.410 e. The number of alkyl halides is 2. The molecule has 5 rings (SSSR count). The Labute approximate surface area is 244 Å². The summed E-state index contributed by atoms with van der Waals surface area (Å²) >= 11 is 0. The predicted octanol–water partition coefficient (Wildman–Crippen LogP) is 7.48. The standard InChI is InChI=1S/C32H37F2N3O5/c1-19-14-23(26-15-20(16-27(38)40-5)18-37(26)30(39)41-31(2,3)4)10-11-25(19)28-35-29(42-36-28)22-8-6-21(7-9-22)24-12-13-32(33,34)17-24/h6-11,14,20,24,26H,12-13,15-18H2,1-5H3/t20-,24-,26-/m1/s1. The number of likely N-dealkylation sites (tertiary alicyclic amines) is 1. The third-order valence-corrected chi connectivity index (χ3v) is 8.03. The summed E-state index contributed by atoms with van der Waals surface area (Å²) in [5.74, 6) is -2.32. The topological polar surface area (TPSA) is 94.8 Å². The van der Waals surface area contributed by atoms with Crippen molar-refractivity contribution in [2.45, 2.75) is 83.3 Å². The van der Waals surface area contributed by atoms with Gasteiger partial charge in [0.05, 0.1) is 19.6 Å². The quantitative estimate of drug-likeness (QED) is 0.279. The summed E-state index contributed by atoms with van der Waals surface area (Å²) in [6.07, 6.45) is 0.704. The third kappa shape index (κ3) is 6.63. The molecule has 1 saturated heterocycles. The number of esters is 1. The first-order chi connectivity index (χ1) is 19.8. The Morgan fingerprint density at radius 3 is 2.45 bits per heavy atom. The van der Waals surface area contributed by atoms with Gasteiger partial charge in [0.1, 0.15) is 5.60 Å². The minimum atomic E-state index is -2.59. The van der Waals surface area contributed by atoms with Crippen molar-refractivity contribution in [3.8, 4) is 22.8 Å². The van der Waals surface area contributed by atoms with Crippen molar-refractivity contribution in [3.05, 3.63) is 59.2 Å². The number of carbonyl (C=O) groups is 2. The monoisotopic (exact) mass is 581 g/mol. The number of amides is 1. The lowest BCUT2D eigenvalue weighted by atomic mass is 9.95. The van der Waals surface area contributed by atoms with Gasteiger partial charge >= 0.3 is 12.1 Å². The molecule has 1 saturated carbocycles. The van der Waals surface area contributed by atoms with Gasteiger partial charge in [-0.05, 0) is 81.2 Å². The molecule has 3 aromatic rings. The van der Waals surface area contributed by atoms with Gasteiger partial charge < -0.3 is 18.9 Å². The zero-order chi connectivity index (χ0) is 30.2. The molecule has 224 valence electrons. The number of halogens is 2. The Morgan fingerprint density at radius 1 is 1.12 bits per heavy atom. The lowest BCUT2D eigenvalue weighted by Crippen LogP contribution is -2.37. The summed E-state index contributed by atoms with van der Waals surface area (Å²) in [4.78, 5) is 31.4. The lowest BCUT2D eigenvalue weighted by Gasteiger charge is -2.29. The van der Waals surface area contributed by atoms with Crippen LogP contribution in [-0.2, 0) is 14.3 Å². The molecule has 2 aromatic carbocycles. The summed E-state index contributed by atoms with van der Waals surface area (Å²) < 4.78 is 43.4. The molecule has 3 atom stereocenters. The Hall–Kier alpha value is -3.82. The SMILES string of the molecule is COC(=O)C[C@H]1C[C@H](c2ccc(-c3noc(-c4ccc([C@@H]5CCC(F)(F)C5)cc4)n3)c(C)c2)N(C(=O)OC(C)(C)C)C1. The molecule has 2 fully saturated rings. The van der Waals surface area contributed by atoms with Crippen molar-refractivity contribution in [2.24, 2.45) is 5.92 Å². The van der Waals surface area contributed by atoms with Crippen molar-refractivity contribution >= 4 is 12.1 Å². The van der Waals surface area contributed by atoms with Gasteiger partial charge in [0.25, 0.3) is 5.89 Å². The summed E-state index contributed by atoms with van der Waals surface area (Å²) in [6.45, 7) is 7.81. The second kappa shape index (κ2) is 11.5. The van der Waals surface area contributed by atoms with Crippen molar-refractivity contribution in [3.63, 3.8) is 0 Å². The largest absolute Gasteiger partial charge is 0.469 e. The van der Waals surface area contributed by atoms with Crippen molar-refractivity contribution in [1.29, 1.82) is 0 Å². The highest BCUT2D eigenvalue weighted by molar-refractivity contribution is 5.72. The van der Waals surface area contributed by atoms with Crippen LogP contribution in [0, 0.1) is 12.8 Å². The van der Waals surface area contributed by atoms with E-state index in [1.165, 1.54) is 7.11 Å². The third-order valence-electron chi connectivity index (χ3n) is 8.03. The molecule has 1 aromatic heterocycles. The lowest BCUT2D eigenvalue weighted by molar-refractivity contribution is -0.141. The van der Waals surface area contributed by atoms with Crippen molar-refractivity contribution in [1.82, 2.24) is 15.0 Å². The van der Waals surface area contributed by atoms with Gasteiger partial charge in [-0.15, -0.1) is 0 Å². The highest BCUT2D eigenvalue weighted by Gasteiger charge is 2.40. The molecule has 42 heavy (non-hydrogen) atoms. The molecule has 1 aliphatic heterocycles. The Balaban J connectivity index is 1.34. The second-order valence-corrected chi connectivity index (χ2v) is 12.4. The van der Waals surface area contributed by atoms with Crippen molar-refractivity contribution < 1.29 is 32.4 Å². The first kappa shape index (κ1) is 29.7. The second-order valence-electron chi connectivity index (χ2n) is 12.4. The van der Waals surface area contributed by atoms with E-state index in [9.17, 15) is 18.4 Å². The molecule has 8 nitrogen and oxygen atoms in total. The highest BCUT2D eigenvalue weighted by Crippen LogP contribution is 2.44. The molecule has 0 N–H and O–H groups in total. The number of rotatable bonds is 6. The Bertz CT molecular complexity index is 1450. The van der Waals surface area contributed by atoms with E-state index >= 15 is 0 Å². The van der Waals surface area contributed by atoms with Crippen LogP contribution in [0.25, 0.3) is 22.8 Å². The van der Waals surface area contributed by atoms with Crippen molar-refractivity contribution in [2.75, 3.05) is 13.7 Å². The fraction of sp³-hybridized carbons (Fsp3) is 0.500. The van der Waals surface area contributed by atoms with E-state index in [2.05, 4.69) is 10.1 Å². The summed E-state index contributed by atoms with van der Waals surface area (Å²) in [7, 11) is 1.36. The summed E-state index contributed by atoms with van der Waals surface area (Å²) in [6, 6.07) is 13.0. The van der Waals surface area contributed by atoms with E-state index < -0.39 is 17.6 Å². The van der Waals surface area contributed by atoms with Gasteiger partial charge in [-0.3, -0.25) is 4.79 Å². The highest BCUT2D eigenvalue weighted by atomic mass is 19.3. The van der Waals surface area contributed by atoms with Crippen LogP contribution >= 0.6 is 0 Å². The molecule has 1 amide bonds. The first-order valence-electron chi connectivity index (χ1n) is 14.3. The van der Waals surface area contributed by atoms with E-state index in [1.807, 2.05) is 70.2 Å². The van der Waals surface area contributed by atoms with Gasteiger partial charge in [-0.1, -0.05) is 35.5 Å². The molecule has 1 aliphatic carbocycles. The van der Waals surface area contributed by atoms with E-state index in [4.69, 9.17) is 14.0 Å². The molecule has 0 unspecified atom stereocenters. The molecular weight excluding hydrogens is 544 g/mol. The van der Waals surface area contributed by atoms with Crippen LogP contribution in [0.3, 0.4) is 0 Å². The number of hydrogen-bond donors (Lipinski definition) is 0. The van der Waals surface area contributed by atoms with Gasteiger partial charge in [-0.25, -0.2) is 13.6 Å². The maximum atomic E-state index is 13.7. The van der Waals surface area contributed by atoms with E-state index in [-0.39, 0.29) is 43.1 Å². The zero-order valence-corrected chi connectivity index (χ0v) is 24.7. The average molecular weight is 582 g/mol. The van der Waals surface area contributed by atoms with Gasteiger partial charge in [0, 0.05) is 30.5 Å². The van der Waals surface area contributed by atoms with Crippen LogP contribution in [-0.4, -0.2) is 52.3 Å². The van der Waals surface area contributed by atoms with Gasteiger partial charge in [0.15, 0.2) is 0 Å². The minimum Gasteiger partial charge on any atom is -0.469 e. The fourth-order valence-corrected chi connectivity index (χ4v) is 5.96. The number of hydrogen-bond acceptors (Lipinski definition) is 7. The Morgan fingerprint density at radius 2 is 1.83 bits per heavy atom. The van der Waals surface area contributed by atoms with Crippen LogP contribution in [0.2, 0.25) is 0 Å². The molecule has 10 heteroatoms. The molecule has 0 spiro atoms. The van der Waals surface area contributed by atoms with Crippen LogP contribution in [0.5, 0.6) is 0 Å². The van der Waals surface area contributed by atoms with E-state index in [0.29, 0.717) is 36.7 Å². The maximum absolute atomic E-state index is 13.7. The maximum Gasteiger partial charge on any atom is 0.410 e. The predicted molar refractivity (Wildman–Crippen MR) is 152 cm³/mol. The van der Waals surface area contributed by atoms with E-state index in [0.717, 1.165) is 22.3 Å². The molecule has 0 bridgehead atoms. The molecular formula is C32H37F2N3O5. The minimum absolute atomic E-state index is 0.0498. The fourth-order valence-electron chi connectivity index (χ4n) is 5.96. The van der Waals surface area contributed by atoms with Crippen LogP contribution in [0.15, 0.2) is 47.0 Å². The number of carbonyl (C=O) groups excluding carboxylic acids is 2. The number of aromatic nitrogens is 2. The molecule has 0 radical (unpaired) electrons. The number of methoxy groups -OCH3 is 1. The zero-order valence-electron chi connectivity index (χ0n) is 24.7. The van der Waals surface area contributed by atoms with Gasteiger partial charge in [-0.2, -0.15) is 4.98 Å². The molecule has 2 aliphatic rings. The van der Waals surface area contributed by atoms with Crippen LogP contribution in [0.4, 0.5) is 13.6 Å². The number of ether oxygens (including phenoxy) is 2. The van der Waals surface area contributed by atoms with Crippen LogP contribution in [0.1, 0.15) is 81.5 Å². The number of aryl methyl sites for hydroxylation is 1. The van der Waals surface area contributed by atoms with E-state index in [1.54, 1.807) is 4.90 Å². The molecule has 2 heterocycles. The number of nitrogens with zero attached hydrogens (tertiary/aromatic N) is 3. The summed E-state index contributed by atoms with van der Waals surface area (Å²) in [5, 5.41) is 4.19. The summed E-state index contributed by atoms with van der Waals surface area (Å²) in [5.41, 5.74) is 3.56.